The van der Waals surface area contributed by atoms with Gasteiger partial charge in [-0.1, -0.05) is 30.3 Å². The van der Waals surface area contributed by atoms with Crippen molar-refractivity contribution in [1.82, 2.24) is 15.5 Å². The van der Waals surface area contributed by atoms with Crippen LogP contribution < -0.4 is 20.7 Å². The number of hydrogen-bond donors (Lipinski definition) is 3. The first-order valence-electron chi connectivity index (χ1n) is 9.72. The van der Waals surface area contributed by atoms with Gasteiger partial charge in [0.1, 0.15) is 5.75 Å². The first-order valence-corrected chi connectivity index (χ1v) is 9.72. The maximum atomic E-state index is 12.1. The topological polar surface area (TPSA) is 82.7 Å². The van der Waals surface area contributed by atoms with Crippen molar-refractivity contribution in [3.63, 3.8) is 0 Å². The average Bonchev–Trinajstić information content (AvgIpc) is 2.71. The van der Waals surface area contributed by atoms with E-state index in [-0.39, 0.29) is 24.5 Å². The lowest BCUT2D eigenvalue weighted by atomic mass is 10.1. The first-order chi connectivity index (χ1) is 14.0. The van der Waals surface area contributed by atoms with Crippen LogP contribution in [0.1, 0.15) is 12.5 Å². The fourth-order valence-electron chi connectivity index (χ4n) is 2.76. The van der Waals surface area contributed by atoms with Gasteiger partial charge in [-0.3, -0.25) is 4.79 Å². The monoisotopic (exact) mass is 398 g/mol. The van der Waals surface area contributed by atoms with Crippen LogP contribution in [0.15, 0.2) is 54.6 Å². The highest BCUT2D eigenvalue weighted by atomic mass is 16.5. The summed E-state index contributed by atoms with van der Waals surface area (Å²) >= 11 is 0. The van der Waals surface area contributed by atoms with Crippen molar-refractivity contribution in [3.05, 3.63) is 60.2 Å². The Morgan fingerprint density at radius 3 is 2.31 bits per heavy atom. The van der Waals surface area contributed by atoms with E-state index in [4.69, 9.17) is 4.74 Å². The van der Waals surface area contributed by atoms with Crippen LogP contribution in [-0.4, -0.2) is 56.7 Å². The SMILES string of the molecule is CCOc1ccc(NC(=O)CNC(=O)NCC(Cc2ccccc2)N(C)C)cc1. The number of carbonyl (C=O) groups excluding carboxylic acids is 2. The molecule has 0 saturated heterocycles. The van der Waals surface area contributed by atoms with Crippen molar-refractivity contribution < 1.29 is 14.3 Å². The summed E-state index contributed by atoms with van der Waals surface area (Å²) in [5, 5.41) is 8.16. The summed E-state index contributed by atoms with van der Waals surface area (Å²) in [6, 6.07) is 17.0. The Balaban J connectivity index is 1.72. The van der Waals surface area contributed by atoms with Crippen LogP contribution >= 0.6 is 0 Å². The van der Waals surface area contributed by atoms with Crippen LogP contribution in [0.2, 0.25) is 0 Å². The number of hydrogen-bond acceptors (Lipinski definition) is 4. The molecule has 0 aliphatic heterocycles. The third-order valence-electron chi connectivity index (χ3n) is 4.40. The van der Waals surface area contributed by atoms with E-state index in [1.807, 2.05) is 39.2 Å². The molecule has 0 fully saturated rings. The zero-order valence-electron chi connectivity index (χ0n) is 17.3. The lowest BCUT2D eigenvalue weighted by molar-refractivity contribution is -0.115. The number of carbonyl (C=O) groups is 2. The Morgan fingerprint density at radius 1 is 1.00 bits per heavy atom. The summed E-state index contributed by atoms with van der Waals surface area (Å²) in [5.41, 5.74) is 1.86. The first kappa shape index (κ1) is 22.2. The lowest BCUT2D eigenvalue weighted by Gasteiger charge is -2.24. The predicted octanol–water partition coefficient (Wildman–Crippen LogP) is 2.50. The molecule has 0 bridgehead atoms. The minimum atomic E-state index is -0.369. The minimum absolute atomic E-state index is 0.107. The van der Waals surface area contributed by atoms with E-state index in [2.05, 4.69) is 33.0 Å². The number of rotatable bonds is 10. The van der Waals surface area contributed by atoms with E-state index < -0.39 is 0 Å². The fourth-order valence-corrected chi connectivity index (χ4v) is 2.76. The van der Waals surface area contributed by atoms with E-state index in [0.29, 0.717) is 18.8 Å². The lowest BCUT2D eigenvalue weighted by Crippen LogP contribution is -2.46. The van der Waals surface area contributed by atoms with E-state index in [9.17, 15) is 9.59 Å². The maximum absolute atomic E-state index is 12.1. The number of likely N-dealkylation sites (N-methyl/N-ethyl adjacent to an activating group) is 1. The molecule has 7 heteroatoms. The van der Waals surface area contributed by atoms with Gasteiger partial charge < -0.3 is 25.6 Å². The maximum Gasteiger partial charge on any atom is 0.315 e. The van der Waals surface area contributed by atoms with Crippen LogP contribution in [0.5, 0.6) is 5.75 Å². The van der Waals surface area contributed by atoms with Gasteiger partial charge in [0.2, 0.25) is 5.91 Å². The molecule has 156 valence electrons. The average molecular weight is 399 g/mol. The molecule has 2 rings (SSSR count). The van der Waals surface area contributed by atoms with Crippen molar-refractivity contribution in [1.29, 1.82) is 0 Å². The van der Waals surface area contributed by atoms with Crippen molar-refractivity contribution >= 4 is 17.6 Å². The molecule has 2 aromatic rings. The second-order valence-corrected chi connectivity index (χ2v) is 6.88. The summed E-state index contributed by atoms with van der Waals surface area (Å²) in [7, 11) is 3.97. The molecular formula is C22H30N4O3. The van der Waals surface area contributed by atoms with Gasteiger partial charge >= 0.3 is 6.03 Å². The van der Waals surface area contributed by atoms with Gasteiger partial charge in [-0.25, -0.2) is 4.79 Å². The molecule has 0 aliphatic carbocycles. The molecule has 0 aromatic heterocycles. The normalized spacial score (nSPS) is 11.6. The summed E-state index contributed by atoms with van der Waals surface area (Å²) in [4.78, 5) is 26.2. The Kier molecular flexibility index (Phi) is 8.98. The van der Waals surface area contributed by atoms with Gasteiger partial charge in [0, 0.05) is 18.3 Å². The molecule has 7 nitrogen and oxygen atoms in total. The smallest absolute Gasteiger partial charge is 0.315 e. The molecule has 0 aliphatic rings. The molecule has 0 saturated carbocycles. The van der Waals surface area contributed by atoms with Gasteiger partial charge in [-0.2, -0.15) is 0 Å². The van der Waals surface area contributed by atoms with Gasteiger partial charge in [0.15, 0.2) is 0 Å². The standard InChI is InChI=1S/C22H30N4O3/c1-4-29-20-12-10-18(11-13-20)25-21(27)16-24-22(28)23-15-19(26(2)3)14-17-8-6-5-7-9-17/h5-13,19H,4,14-16H2,1-3H3,(H,25,27)(H2,23,24,28). The highest BCUT2D eigenvalue weighted by molar-refractivity contribution is 5.94. The number of ether oxygens (including phenoxy) is 1. The number of benzene rings is 2. The molecule has 1 unspecified atom stereocenters. The number of urea groups is 1. The highest BCUT2D eigenvalue weighted by Gasteiger charge is 2.14. The van der Waals surface area contributed by atoms with Crippen LogP contribution in [0.3, 0.4) is 0 Å². The summed E-state index contributed by atoms with van der Waals surface area (Å²) in [6.07, 6.45) is 0.826. The Morgan fingerprint density at radius 2 is 1.69 bits per heavy atom. The van der Waals surface area contributed by atoms with Gasteiger partial charge in [0.25, 0.3) is 0 Å². The summed E-state index contributed by atoms with van der Waals surface area (Å²) in [5.74, 6) is 0.451. The summed E-state index contributed by atoms with van der Waals surface area (Å²) in [6.45, 7) is 2.87. The van der Waals surface area contributed by atoms with E-state index in [1.165, 1.54) is 5.56 Å². The minimum Gasteiger partial charge on any atom is -0.494 e. The quantitative estimate of drug-likeness (QED) is 0.574. The number of amides is 3. The molecule has 1 atom stereocenters. The molecule has 29 heavy (non-hydrogen) atoms. The van der Waals surface area contributed by atoms with E-state index >= 15 is 0 Å². The Bertz CT molecular complexity index is 763. The molecule has 3 N–H and O–H groups in total. The third-order valence-corrected chi connectivity index (χ3v) is 4.40. The van der Waals surface area contributed by atoms with Crippen LogP contribution in [0, 0.1) is 0 Å². The molecular weight excluding hydrogens is 368 g/mol. The number of nitrogens with zero attached hydrogens (tertiary/aromatic N) is 1. The molecule has 3 amide bonds. The van der Waals surface area contributed by atoms with E-state index in [1.54, 1.807) is 24.3 Å². The molecule has 0 radical (unpaired) electrons. The van der Waals surface area contributed by atoms with Crippen LogP contribution in [0.4, 0.5) is 10.5 Å². The van der Waals surface area contributed by atoms with Crippen LogP contribution in [-0.2, 0) is 11.2 Å². The van der Waals surface area contributed by atoms with Crippen molar-refractivity contribution in [2.75, 3.05) is 39.1 Å². The zero-order valence-corrected chi connectivity index (χ0v) is 17.3. The van der Waals surface area contributed by atoms with Crippen LogP contribution in [0.25, 0.3) is 0 Å². The number of anilines is 1. The van der Waals surface area contributed by atoms with Crippen molar-refractivity contribution in [2.45, 2.75) is 19.4 Å². The van der Waals surface area contributed by atoms with Gasteiger partial charge in [-0.05, 0) is 57.3 Å². The predicted molar refractivity (Wildman–Crippen MR) is 115 cm³/mol. The Labute approximate surface area is 172 Å². The second-order valence-electron chi connectivity index (χ2n) is 6.88. The zero-order chi connectivity index (χ0) is 21.1. The third kappa shape index (κ3) is 8.23. The molecule has 2 aromatic carbocycles. The number of nitrogens with one attached hydrogen (secondary N) is 3. The van der Waals surface area contributed by atoms with Crippen molar-refractivity contribution in [2.24, 2.45) is 0 Å². The summed E-state index contributed by atoms with van der Waals surface area (Å²) < 4.78 is 5.36. The van der Waals surface area contributed by atoms with Gasteiger partial charge in [0.05, 0.1) is 13.2 Å². The van der Waals surface area contributed by atoms with E-state index in [0.717, 1.165) is 12.2 Å². The Hall–Kier alpha value is -3.06. The molecule has 0 spiro atoms. The largest absolute Gasteiger partial charge is 0.494 e. The molecule has 0 heterocycles. The van der Waals surface area contributed by atoms with Gasteiger partial charge in [-0.15, -0.1) is 0 Å². The van der Waals surface area contributed by atoms with Crippen molar-refractivity contribution in [3.8, 4) is 5.75 Å². The highest BCUT2D eigenvalue weighted by Crippen LogP contribution is 2.15. The second kappa shape index (κ2) is 11.7. The fraction of sp³-hybridized carbons (Fsp3) is 0.364.